The number of thioether (sulfide) groups is 1. The van der Waals surface area contributed by atoms with Gasteiger partial charge in [0.25, 0.3) is 5.69 Å². The van der Waals surface area contributed by atoms with Gasteiger partial charge in [0.2, 0.25) is 0 Å². The summed E-state index contributed by atoms with van der Waals surface area (Å²) in [5, 5.41) is 15.3. The number of hydrazone groups is 1. The van der Waals surface area contributed by atoms with Crippen LogP contribution in [-0.2, 0) is 0 Å². The number of nitrogens with zero attached hydrogens (tertiary/aromatic N) is 2. The predicted octanol–water partition coefficient (Wildman–Crippen LogP) is 3.36. The molecule has 0 atom stereocenters. The van der Waals surface area contributed by atoms with Gasteiger partial charge in [-0.15, -0.1) is 0 Å². The molecule has 0 saturated carbocycles. The van der Waals surface area contributed by atoms with Crippen LogP contribution in [0.4, 0.5) is 11.4 Å². The van der Waals surface area contributed by atoms with Gasteiger partial charge < -0.3 is 4.42 Å². The minimum atomic E-state index is -0.445. The molecule has 2 aromatic rings. The molecule has 19 heavy (non-hydrogen) atoms. The van der Waals surface area contributed by atoms with E-state index < -0.39 is 4.92 Å². The van der Waals surface area contributed by atoms with Crippen molar-refractivity contribution < 1.29 is 9.34 Å². The van der Waals surface area contributed by atoms with Gasteiger partial charge in [-0.3, -0.25) is 15.5 Å². The lowest BCUT2D eigenvalue weighted by Gasteiger charge is -1.98. The fraction of sp³-hybridized carbons (Fsp3) is 0.0833. The first kappa shape index (κ1) is 13.2. The van der Waals surface area contributed by atoms with E-state index in [1.807, 2.05) is 18.4 Å². The summed E-state index contributed by atoms with van der Waals surface area (Å²) >= 11 is 1.51. The Morgan fingerprint density at radius 2 is 2.05 bits per heavy atom. The van der Waals surface area contributed by atoms with Gasteiger partial charge in [0.1, 0.15) is 5.76 Å². The summed E-state index contributed by atoms with van der Waals surface area (Å²) in [6.07, 6.45) is 3.47. The van der Waals surface area contributed by atoms with Crippen molar-refractivity contribution in [2.45, 2.75) is 5.09 Å². The van der Waals surface area contributed by atoms with E-state index in [1.54, 1.807) is 18.3 Å². The Kier molecular flexibility index (Phi) is 4.19. The molecule has 0 saturated heterocycles. The molecule has 0 radical (unpaired) electrons. The molecule has 0 spiro atoms. The van der Waals surface area contributed by atoms with Crippen molar-refractivity contribution in [1.82, 2.24) is 0 Å². The van der Waals surface area contributed by atoms with E-state index in [1.165, 1.54) is 23.9 Å². The van der Waals surface area contributed by atoms with Crippen LogP contribution in [0.25, 0.3) is 0 Å². The summed E-state index contributed by atoms with van der Waals surface area (Å²) < 4.78 is 5.41. The maximum absolute atomic E-state index is 10.5. The summed E-state index contributed by atoms with van der Waals surface area (Å²) in [7, 11) is 0. The van der Waals surface area contributed by atoms with E-state index in [-0.39, 0.29) is 5.69 Å². The molecule has 6 nitrogen and oxygen atoms in total. The minimum absolute atomic E-state index is 0.0465. The standard InChI is InChI=1S/C12H11N3O3S/c1-19-12-7-6-11(18-12)8-13-14-9-2-4-10(5-3-9)15(16)17/h2-8,14H,1H3/b13-8+. The van der Waals surface area contributed by atoms with Gasteiger partial charge in [-0.1, -0.05) is 11.8 Å². The number of anilines is 1. The maximum Gasteiger partial charge on any atom is 0.269 e. The van der Waals surface area contributed by atoms with E-state index in [0.717, 1.165) is 5.09 Å². The second-order valence-electron chi connectivity index (χ2n) is 3.53. The Morgan fingerprint density at radius 3 is 2.63 bits per heavy atom. The van der Waals surface area contributed by atoms with Crippen molar-refractivity contribution in [3.8, 4) is 0 Å². The van der Waals surface area contributed by atoms with Crippen LogP contribution >= 0.6 is 11.8 Å². The van der Waals surface area contributed by atoms with E-state index in [4.69, 9.17) is 4.42 Å². The van der Waals surface area contributed by atoms with E-state index in [2.05, 4.69) is 10.5 Å². The van der Waals surface area contributed by atoms with Crippen LogP contribution in [0.3, 0.4) is 0 Å². The van der Waals surface area contributed by atoms with Crippen molar-refractivity contribution >= 4 is 29.4 Å². The number of rotatable bonds is 5. The van der Waals surface area contributed by atoms with Crippen molar-refractivity contribution in [2.75, 3.05) is 11.7 Å². The molecule has 1 aromatic heterocycles. The summed E-state index contributed by atoms with van der Waals surface area (Å²) in [5.74, 6) is 0.638. The number of nitrogens with one attached hydrogen (secondary N) is 1. The molecule has 1 aromatic carbocycles. The van der Waals surface area contributed by atoms with Crippen LogP contribution in [0.1, 0.15) is 5.76 Å². The largest absolute Gasteiger partial charge is 0.449 e. The Bertz CT molecular complexity index is 593. The molecule has 0 bridgehead atoms. The zero-order chi connectivity index (χ0) is 13.7. The van der Waals surface area contributed by atoms with Crippen LogP contribution in [-0.4, -0.2) is 17.4 Å². The molecule has 0 aliphatic carbocycles. The summed E-state index contributed by atoms with van der Waals surface area (Å²) in [6.45, 7) is 0. The van der Waals surface area contributed by atoms with Gasteiger partial charge in [-0.25, -0.2) is 0 Å². The minimum Gasteiger partial charge on any atom is -0.449 e. The zero-order valence-electron chi connectivity index (χ0n) is 10.1. The van der Waals surface area contributed by atoms with Gasteiger partial charge in [0, 0.05) is 12.1 Å². The number of furan rings is 1. The van der Waals surface area contributed by atoms with Crippen molar-refractivity contribution in [3.05, 3.63) is 52.3 Å². The average molecular weight is 277 g/mol. The molecule has 0 unspecified atom stereocenters. The van der Waals surface area contributed by atoms with Crippen LogP contribution in [0, 0.1) is 10.1 Å². The fourth-order valence-electron chi connectivity index (χ4n) is 1.34. The summed E-state index contributed by atoms with van der Waals surface area (Å²) in [6, 6.07) is 9.67. The Balaban J connectivity index is 1.96. The SMILES string of the molecule is CSc1ccc(/C=N/Nc2ccc([N+](=O)[O-])cc2)o1. The number of nitro benzene ring substituents is 1. The molecule has 1 N–H and O–H groups in total. The predicted molar refractivity (Wildman–Crippen MR) is 74.8 cm³/mol. The lowest BCUT2D eigenvalue weighted by molar-refractivity contribution is -0.384. The highest BCUT2D eigenvalue weighted by Crippen LogP contribution is 2.17. The third-order valence-electron chi connectivity index (χ3n) is 2.27. The lowest BCUT2D eigenvalue weighted by Crippen LogP contribution is -1.91. The first-order valence-electron chi connectivity index (χ1n) is 5.36. The van der Waals surface area contributed by atoms with Crippen LogP contribution in [0.15, 0.2) is 51.0 Å². The quantitative estimate of drug-likeness (QED) is 0.392. The van der Waals surface area contributed by atoms with E-state index >= 15 is 0 Å². The van der Waals surface area contributed by atoms with Gasteiger partial charge in [-0.2, -0.15) is 5.10 Å². The monoisotopic (exact) mass is 277 g/mol. The molecular weight excluding hydrogens is 266 g/mol. The third-order valence-corrected chi connectivity index (χ3v) is 2.89. The Morgan fingerprint density at radius 1 is 1.32 bits per heavy atom. The molecule has 98 valence electrons. The number of nitro groups is 1. The van der Waals surface area contributed by atoms with Crippen LogP contribution < -0.4 is 5.43 Å². The first-order valence-corrected chi connectivity index (χ1v) is 6.59. The van der Waals surface area contributed by atoms with Crippen LogP contribution in [0.2, 0.25) is 0 Å². The average Bonchev–Trinajstić information content (AvgIpc) is 2.87. The Labute approximate surface area is 113 Å². The fourth-order valence-corrected chi connectivity index (χ4v) is 1.73. The molecule has 7 heteroatoms. The van der Waals surface area contributed by atoms with Crippen molar-refractivity contribution in [1.29, 1.82) is 0 Å². The molecular formula is C12H11N3O3S. The molecule has 2 rings (SSSR count). The molecule has 0 fully saturated rings. The number of hydrogen-bond donors (Lipinski definition) is 1. The van der Waals surface area contributed by atoms with Crippen molar-refractivity contribution in [2.24, 2.45) is 5.10 Å². The summed E-state index contributed by atoms with van der Waals surface area (Å²) in [4.78, 5) is 10.0. The highest BCUT2D eigenvalue weighted by atomic mass is 32.2. The molecule has 0 amide bonds. The maximum atomic E-state index is 10.5. The number of non-ortho nitro benzene ring substituents is 1. The second kappa shape index (κ2) is 6.05. The van der Waals surface area contributed by atoms with E-state index in [9.17, 15) is 10.1 Å². The van der Waals surface area contributed by atoms with Crippen LogP contribution in [0.5, 0.6) is 0 Å². The zero-order valence-corrected chi connectivity index (χ0v) is 10.9. The van der Waals surface area contributed by atoms with Gasteiger partial charge in [0.05, 0.1) is 16.8 Å². The highest BCUT2D eigenvalue weighted by molar-refractivity contribution is 7.98. The number of hydrogen-bond acceptors (Lipinski definition) is 6. The molecule has 0 aliphatic heterocycles. The van der Waals surface area contributed by atoms with Gasteiger partial charge in [0.15, 0.2) is 5.09 Å². The number of benzene rings is 1. The second-order valence-corrected chi connectivity index (χ2v) is 4.35. The van der Waals surface area contributed by atoms with E-state index in [0.29, 0.717) is 11.4 Å². The van der Waals surface area contributed by atoms with Gasteiger partial charge in [-0.05, 0) is 30.5 Å². The van der Waals surface area contributed by atoms with Crippen molar-refractivity contribution in [3.63, 3.8) is 0 Å². The lowest BCUT2D eigenvalue weighted by atomic mass is 10.3. The highest BCUT2D eigenvalue weighted by Gasteiger charge is 2.03. The normalized spacial score (nSPS) is 10.8. The third kappa shape index (κ3) is 3.59. The summed E-state index contributed by atoms with van der Waals surface area (Å²) in [5.41, 5.74) is 3.48. The molecule has 0 aliphatic rings. The van der Waals surface area contributed by atoms with Gasteiger partial charge >= 0.3 is 0 Å². The smallest absolute Gasteiger partial charge is 0.269 e. The first-order chi connectivity index (χ1) is 9.19. The Hall–Kier alpha value is -2.28. The molecule has 1 heterocycles. The topological polar surface area (TPSA) is 80.7 Å².